The molecule has 6 heteroatoms. The first-order chi connectivity index (χ1) is 12.9. The lowest BCUT2D eigenvalue weighted by Crippen LogP contribution is -2.11. The Bertz CT molecular complexity index is 946. The first-order valence-electron chi connectivity index (χ1n) is 7.79. The fourth-order valence-corrected chi connectivity index (χ4v) is 3.15. The molecular formula is C21H17BrClNO3. The number of carbonyl (C=O) groups is 1. The lowest BCUT2D eigenvalue weighted by molar-refractivity contribution is -0.135. The summed E-state index contributed by atoms with van der Waals surface area (Å²) < 4.78 is 11.3. The van der Waals surface area contributed by atoms with Gasteiger partial charge in [0.1, 0.15) is 6.61 Å². The Kier molecular flexibility index (Phi) is 7.12. The second kappa shape index (κ2) is 9.31. The van der Waals surface area contributed by atoms with Crippen LogP contribution >= 0.6 is 27.5 Å². The third kappa shape index (κ3) is 4.73. The van der Waals surface area contributed by atoms with Crippen LogP contribution in [-0.4, -0.2) is 13.1 Å². The van der Waals surface area contributed by atoms with Gasteiger partial charge in [0, 0.05) is 21.3 Å². The van der Waals surface area contributed by atoms with Crippen molar-refractivity contribution in [1.82, 2.24) is 0 Å². The van der Waals surface area contributed by atoms with Crippen molar-refractivity contribution < 1.29 is 14.3 Å². The van der Waals surface area contributed by atoms with Crippen molar-refractivity contribution >= 4 is 45.0 Å². The van der Waals surface area contributed by atoms with Gasteiger partial charge in [0.05, 0.1) is 12.1 Å². The highest BCUT2D eigenvalue weighted by Gasteiger charge is 2.23. The van der Waals surface area contributed by atoms with E-state index >= 15 is 0 Å². The highest BCUT2D eigenvalue weighted by molar-refractivity contribution is 9.10. The zero-order valence-electron chi connectivity index (χ0n) is 14.6. The van der Waals surface area contributed by atoms with Crippen LogP contribution < -0.4 is 5.73 Å². The summed E-state index contributed by atoms with van der Waals surface area (Å²) in [4.78, 5) is 12.2. The van der Waals surface area contributed by atoms with Crippen LogP contribution in [0.2, 0.25) is 5.02 Å². The minimum Gasteiger partial charge on any atom is -0.487 e. The van der Waals surface area contributed by atoms with Crippen LogP contribution in [0.15, 0.2) is 59.1 Å². The highest BCUT2D eigenvalue weighted by atomic mass is 79.9. The number of nitrogens with two attached hydrogens (primary N) is 1. The largest absolute Gasteiger partial charge is 0.487 e. The van der Waals surface area contributed by atoms with Crippen molar-refractivity contribution in [3.8, 4) is 12.3 Å². The number of methoxy groups -OCH3 is 1. The van der Waals surface area contributed by atoms with E-state index in [-0.39, 0.29) is 23.6 Å². The third-order valence-corrected chi connectivity index (χ3v) is 5.01. The van der Waals surface area contributed by atoms with E-state index in [0.29, 0.717) is 20.6 Å². The first-order valence-corrected chi connectivity index (χ1v) is 8.96. The van der Waals surface area contributed by atoms with E-state index in [2.05, 4.69) is 28.4 Å². The highest BCUT2D eigenvalue weighted by Crippen LogP contribution is 2.36. The van der Waals surface area contributed by atoms with E-state index in [1.165, 1.54) is 7.11 Å². The van der Waals surface area contributed by atoms with Gasteiger partial charge in [0.15, 0.2) is 11.3 Å². The summed E-state index contributed by atoms with van der Waals surface area (Å²) in [6.07, 6.45) is 5.57. The Morgan fingerprint density at radius 1 is 1.30 bits per heavy atom. The standard InChI is InChI=1S/C21H17BrClNO3/c1-4-15(21(25)26-3)20(27-12-14-8-6-5-7-9-14)16-10-11-17(23)19(22)18(16)13(2)24/h1,5-11H,2,12,24H2,3H3/b20-15-. The Balaban J connectivity index is 2.65. The molecular weight excluding hydrogens is 430 g/mol. The van der Waals surface area contributed by atoms with Crippen LogP contribution in [0.1, 0.15) is 16.7 Å². The van der Waals surface area contributed by atoms with Crippen LogP contribution in [-0.2, 0) is 20.9 Å². The van der Waals surface area contributed by atoms with Crippen LogP contribution in [0.5, 0.6) is 0 Å². The molecule has 27 heavy (non-hydrogen) atoms. The number of esters is 1. The van der Waals surface area contributed by atoms with E-state index in [4.69, 9.17) is 33.2 Å². The minimum absolute atomic E-state index is 0.0647. The van der Waals surface area contributed by atoms with Gasteiger partial charge in [-0.05, 0) is 33.6 Å². The number of halogens is 2. The molecule has 138 valence electrons. The molecule has 0 aromatic heterocycles. The van der Waals surface area contributed by atoms with Crippen LogP contribution in [0.3, 0.4) is 0 Å². The summed E-state index contributed by atoms with van der Waals surface area (Å²) in [7, 11) is 1.25. The molecule has 2 rings (SSSR count). The molecule has 2 aromatic carbocycles. The zero-order chi connectivity index (χ0) is 20.0. The molecule has 2 aromatic rings. The number of benzene rings is 2. The van der Waals surface area contributed by atoms with E-state index in [1.807, 2.05) is 30.3 Å². The summed E-state index contributed by atoms with van der Waals surface area (Å²) in [6.45, 7) is 3.97. The quantitative estimate of drug-likeness (QED) is 0.301. The number of hydrogen-bond acceptors (Lipinski definition) is 4. The number of hydrogen-bond donors (Lipinski definition) is 1. The third-order valence-electron chi connectivity index (χ3n) is 3.65. The summed E-state index contributed by atoms with van der Waals surface area (Å²) >= 11 is 9.58. The molecule has 0 amide bonds. The topological polar surface area (TPSA) is 61.5 Å². The molecule has 0 spiro atoms. The van der Waals surface area contributed by atoms with E-state index in [1.54, 1.807) is 12.1 Å². The molecule has 0 bridgehead atoms. The minimum atomic E-state index is -0.694. The summed E-state index contributed by atoms with van der Waals surface area (Å²) in [6, 6.07) is 12.8. The normalized spacial score (nSPS) is 11.2. The Morgan fingerprint density at radius 3 is 2.52 bits per heavy atom. The predicted octanol–water partition coefficient (Wildman–Crippen LogP) is 4.77. The van der Waals surface area contributed by atoms with Crippen molar-refractivity contribution in [3.05, 3.63) is 80.8 Å². The maximum Gasteiger partial charge on any atom is 0.350 e. The van der Waals surface area contributed by atoms with Gasteiger partial charge >= 0.3 is 5.97 Å². The Hall–Kier alpha value is -2.68. The number of ether oxygens (including phenoxy) is 2. The lowest BCUT2D eigenvalue weighted by atomic mass is 10.0. The van der Waals surface area contributed by atoms with Crippen molar-refractivity contribution in [3.63, 3.8) is 0 Å². The van der Waals surface area contributed by atoms with Crippen molar-refractivity contribution in [2.75, 3.05) is 7.11 Å². The van der Waals surface area contributed by atoms with Crippen LogP contribution in [0.4, 0.5) is 0 Å². The molecule has 0 heterocycles. The number of carbonyl (C=O) groups excluding carboxylic acids is 1. The molecule has 0 radical (unpaired) electrons. The van der Waals surface area contributed by atoms with Crippen molar-refractivity contribution in [2.45, 2.75) is 6.61 Å². The SMILES string of the molecule is C#C/C(C(=O)OC)=C(/OCc1ccccc1)c1ccc(Cl)c(Br)c1C(=C)N. The lowest BCUT2D eigenvalue weighted by Gasteiger charge is -2.18. The molecule has 0 aliphatic heterocycles. The average molecular weight is 447 g/mol. The molecule has 4 nitrogen and oxygen atoms in total. The molecule has 0 atom stereocenters. The average Bonchev–Trinajstić information content (AvgIpc) is 2.67. The maximum atomic E-state index is 12.2. The van der Waals surface area contributed by atoms with E-state index < -0.39 is 5.97 Å². The fraction of sp³-hybridized carbons (Fsp3) is 0.0952. The second-order valence-electron chi connectivity index (χ2n) is 5.42. The summed E-state index contributed by atoms with van der Waals surface area (Å²) in [5, 5.41) is 0.433. The van der Waals surface area contributed by atoms with E-state index in [9.17, 15) is 4.79 Å². The van der Waals surface area contributed by atoms with Gasteiger partial charge in [-0.3, -0.25) is 0 Å². The van der Waals surface area contributed by atoms with Crippen LogP contribution in [0, 0.1) is 12.3 Å². The summed E-state index contributed by atoms with van der Waals surface area (Å²) in [5.41, 5.74) is 7.99. The van der Waals surface area contributed by atoms with E-state index in [0.717, 1.165) is 5.56 Å². The molecule has 0 saturated heterocycles. The molecule has 2 N–H and O–H groups in total. The van der Waals surface area contributed by atoms with Crippen molar-refractivity contribution in [1.29, 1.82) is 0 Å². The molecule has 0 saturated carbocycles. The van der Waals surface area contributed by atoms with Gasteiger partial charge in [0.2, 0.25) is 0 Å². The zero-order valence-corrected chi connectivity index (χ0v) is 16.9. The fourth-order valence-electron chi connectivity index (χ4n) is 2.39. The number of terminal acetylenes is 1. The molecule has 0 aliphatic carbocycles. The van der Waals surface area contributed by atoms with Gasteiger partial charge in [0.25, 0.3) is 0 Å². The van der Waals surface area contributed by atoms with Crippen LogP contribution in [0.25, 0.3) is 11.5 Å². The van der Waals surface area contributed by atoms with Gasteiger partial charge in [-0.15, -0.1) is 6.42 Å². The van der Waals surface area contributed by atoms with Gasteiger partial charge < -0.3 is 15.2 Å². The monoisotopic (exact) mass is 445 g/mol. The van der Waals surface area contributed by atoms with Gasteiger partial charge in [-0.1, -0.05) is 54.4 Å². The van der Waals surface area contributed by atoms with Gasteiger partial charge in [-0.25, -0.2) is 4.79 Å². The predicted molar refractivity (Wildman–Crippen MR) is 111 cm³/mol. The second-order valence-corrected chi connectivity index (χ2v) is 6.62. The number of rotatable bonds is 6. The molecule has 0 unspecified atom stereocenters. The Morgan fingerprint density at radius 2 is 1.96 bits per heavy atom. The summed E-state index contributed by atoms with van der Waals surface area (Å²) in [5.74, 6) is 1.81. The first kappa shape index (κ1) is 20.6. The smallest absolute Gasteiger partial charge is 0.350 e. The molecule has 0 aliphatic rings. The Labute approximate surface area is 171 Å². The maximum absolute atomic E-state index is 12.2. The molecule has 0 fully saturated rings. The van der Waals surface area contributed by atoms with Gasteiger partial charge in [-0.2, -0.15) is 0 Å². The van der Waals surface area contributed by atoms with Crippen molar-refractivity contribution in [2.24, 2.45) is 5.73 Å².